The van der Waals surface area contributed by atoms with Crippen LogP contribution in [0.3, 0.4) is 0 Å². The Hall–Kier alpha value is -3.81. The fraction of sp³-hybridized carbons (Fsp3) is 0.231. The molecule has 3 aromatic carbocycles. The molecule has 0 bridgehead atoms. The number of benzene rings is 3. The first-order valence-corrected chi connectivity index (χ1v) is 10.7. The average Bonchev–Trinajstić information content (AvgIpc) is 2.83. The highest BCUT2D eigenvalue weighted by Gasteiger charge is 2.30. The number of hydrogen-bond donors (Lipinski definition) is 0. The van der Waals surface area contributed by atoms with Gasteiger partial charge in [-0.2, -0.15) is 13.2 Å². The van der Waals surface area contributed by atoms with Crippen molar-refractivity contribution < 1.29 is 37.0 Å². The lowest BCUT2D eigenvalue weighted by atomic mass is 10.1. The van der Waals surface area contributed by atoms with E-state index in [2.05, 4.69) is 6.92 Å². The summed E-state index contributed by atoms with van der Waals surface area (Å²) >= 11 is 0. The summed E-state index contributed by atoms with van der Waals surface area (Å²) in [7, 11) is 0. The van der Waals surface area contributed by atoms with Gasteiger partial charge in [0.25, 0.3) is 0 Å². The van der Waals surface area contributed by atoms with Crippen LogP contribution in [0.2, 0.25) is 0 Å². The zero-order chi connectivity index (χ0) is 24.6. The van der Waals surface area contributed by atoms with Crippen molar-refractivity contribution in [2.75, 3.05) is 6.61 Å². The van der Waals surface area contributed by atoms with Crippen LogP contribution >= 0.6 is 0 Å². The molecule has 0 heterocycles. The number of ether oxygens (including phenoxy) is 3. The van der Waals surface area contributed by atoms with Gasteiger partial charge < -0.3 is 14.2 Å². The SMILES string of the molecule is CCCCCOc1ccc(OC(=O)c2ccc(OC(=O)c3ccc(C(F)(F)F)cc3)cc2)cc1. The van der Waals surface area contributed by atoms with Crippen LogP contribution in [-0.4, -0.2) is 18.5 Å². The predicted molar refractivity (Wildman–Crippen MR) is 119 cm³/mol. The Balaban J connectivity index is 1.53. The number of carbonyl (C=O) groups excluding carboxylic acids is 2. The zero-order valence-electron chi connectivity index (χ0n) is 18.4. The van der Waals surface area contributed by atoms with Crippen molar-refractivity contribution in [2.24, 2.45) is 0 Å². The zero-order valence-corrected chi connectivity index (χ0v) is 18.4. The van der Waals surface area contributed by atoms with Crippen LogP contribution in [-0.2, 0) is 6.18 Å². The summed E-state index contributed by atoms with van der Waals surface area (Å²) in [5, 5.41) is 0. The summed E-state index contributed by atoms with van der Waals surface area (Å²) in [6.45, 7) is 2.75. The van der Waals surface area contributed by atoms with E-state index in [1.54, 1.807) is 24.3 Å². The summed E-state index contributed by atoms with van der Waals surface area (Å²) in [6.07, 6.45) is -1.30. The molecule has 34 heavy (non-hydrogen) atoms. The molecule has 0 spiro atoms. The predicted octanol–water partition coefficient (Wildman–Crippen LogP) is 6.71. The Morgan fingerprint density at radius 1 is 0.676 bits per heavy atom. The molecule has 3 rings (SSSR count). The molecule has 8 heteroatoms. The van der Waals surface area contributed by atoms with E-state index in [9.17, 15) is 22.8 Å². The van der Waals surface area contributed by atoms with Gasteiger partial charge in [0.2, 0.25) is 0 Å². The van der Waals surface area contributed by atoms with Gasteiger partial charge in [0.1, 0.15) is 17.2 Å². The maximum atomic E-state index is 12.6. The maximum Gasteiger partial charge on any atom is 0.416 e. The second-order valence-electron chi connectivity index (χ2n) is 7.41. The van der Waals surface area contributed by atoms with Gasteiger partial charge in [-0.05, 0) is 79.2 Å². The molecule has 3 aromatic rings. The summed E-state index contributed by atoms with van der Waals surface area (Å²) in [5.74, 6) is -0.247. The van der Waals surface area contributed by atoms with Crippen LogP contribution in [0, 0.1) is 0 Å². The van der Waals surface area contributed by atoms with E-state index in [0.717, 1.165) is 43.5 Å². The van der Waals surface area contributed by atoms with Crippen molar-refractivity contribution in [3.8, 4) is 17.2 Å². The normalized spacial score (nSPS) is 11.1. The average molecular weight is 472 g/mol. The third-order valence-electron chi connectivity index (χ3n) is 4.80. The molecular formula is C26H23F3O5. The first-order valence-electron chi connectivity index (χ1n) is 10.7. The number of unbranched alkanes of at least 4 members (excludes halogenated alkanes) is 2. The molecule has 0 amide bonds. The van der Waals surface area contributed by atoms with E-state index in [4.69, 9.17) is 14.2 Å². The standard InChI is InChI=1S/C26H23F3O5/c1-2-3-4-17-32-21-13-15-23(16-14-21)34-25(31)19-7-11-22(12-8-19)33-24(30)18-5-9-20(10-6-18)26(27,28)29/h5-16H,2-4,17H2,1H3. The first-order chi connectivity index (χ1) is 16.3. The lowest BCUT2D eigenvalue weighted by Gasteiger charge is -2.09. The van der Waals surface area contributed by atoms with Crippen molar-refractivity contribution in [1.29, 1.82) is 0 Å². The van der Waals surface area contributed by atoms with Crippen molar-refractivity contribution >= 4 is 11.9 Å². The number of hydrogen-bond acceptors (Lipinski definition) is 5. The molecular weight excluding hydrogens is 449 g/mol. The third kappa shape index (κ3) is 7.10. The van der Waals surface area contributed by atoms with E-state index in [1.807, 2.05) is 0 Å². The van der Waals surface area contributed by atoms with Gasteiger partial charge in [-0.25, -0.2) is 9.59 Å². The van der Waals surface area contributed by atoms with Crippen LogP contribution < -0.4 is 14.2 Å². The van der Waals surface area contributed by atoms with Crippen LogP contribution in [0.15, 0.2) is 72.8 Å². The Labute approximate surface area is 195 Å². The first kappa shape index (κ1) is 24.8. The lowest BCUT2D eigenvalue weighted by Crippen LogP contribution is -2.11. The summed E-state index contributed by atoms with van der Waals surface area (Å²) in [6, 6.07) is 16.0. The topological polar surface area (TPSA) is 61.8 Å². The van der Waals surface area contributed by atoms with Crippen molar-refractivity contribution in [3.05, 3.63) is 89.5 Å². The third-order valence-corrected chi connectivity index (χ3v) is 4.80. The molecule has 0 aliphatic rings. The van der Waals surface area contributed by atoms with E-state index >= 15 is 0 Å². The molecule has 178 valence electrons. The Morgan fingerprint density at radius 2 is 1.12 bits per heavy atom. The largest absolute Gasteiger partial charge is 0.494 e. The maximum absolute atomic E-state index is 12.6. The molecule has 0 aliphatic carbocycles. The van der Waals surface area contributed by atoms with Gasteiger partial charge in [0.15, 0.2) is 0 Å². The van der Waals surface area contributed by atoms with Crippen LogP contribution in [0.1, 0.15) is 52.5 Å². The minimum Gasteiger partial charge on any atom is -0.494 e. The number of halogens is 3. The molecule has 0 atom stereocenters. The molecule has 0 N–H and O–H groups in total. The fourth-order valence-corrected chi connectivity index (χ4v) is 2.93. The highest BCUT2D eigenvalue weighted by atomic mass is 19.4. The molecule has 0 unspecified atom stereocenters. The molecule has 0 saturated carbocycles. The molecule has 0 saturated heterocycles. The van der Waals surface area contributed by atoms with Crippen LogP contribution in [0.25, 0.3) is 0 Å². The highest BCUT2D eigenvalue weighted by Crippen LogP contribution is 2.29. The van der Waals surface area contributed by atoms with Crippen LogP contribution in [0.5, 0.6) is 17.2 Å². The molecule has 5 nitrogen and oxygen atoms in total. The molecule has 0 aliphatic heterocycles. The number of rotatable bonds is 9. The Morgan fingerprint density at radius 3 is 1.59 bits per heavy atom. The molecule has 0 radical (unpaired) electrons. The lowest BCUT2D eigenvalue weighted by molar-refractivity contribution is -0.137. The number of alkyl halides is 3. The highest BCUT2D eigenvalue weighted by molar-refractivity contribution is 5.92. The van der Waals surface area contributed by atoms with E-state index in [1.165, 1.54) is 24.3 Å². The van der Waals surface area contributed by atoms with Crippen molar-refractivity contribution in [2.45, 2.75) is 32.4 Å². The van der Waals surface area contributed by atoms with Gasteiger partial charge in [-0.15, -0.1) is 0 Å². The van der Waals surface area contributed by atoms with E-state index < -0.39 is 23.7 Å². The fourth-order valence-electron chi connectivity index (χ4n) is 2.93. The van der Waals surface area contributed by atoms with Gasteiger partial charge in [-0.3, -0.25) is 0 Å². The summed E-state index contributed by atoms with van der Waals surface area (Å²) < 4.78 is 54.0. The quantitative estimate of drug-likeness (QED) is 0.197. The Bertz CT molecular complexity index is 1090. The number of carbonyl (C=O) groups is 2. The smallest absolute Gasteiger partial charge is 0.416 e. The van der Waals surface area contributed by atoms with Gasteiger partial charge >= 0.3 is 18.1 Å². The summed E-state index contributed by atoms with van der Waals surface area (Å²) in [4.78, 5) is 24.5. The number of esters is 2. The minimum atomic E-state index is -4.49. The minimum absolute atomic E-state index is 0.0331. The van der Waals surface area contributed by atoms with E-state index in [-0.39, 0.29) is 16.9 Å². The molecule has 0 fully saturated rings. The monoisotopic (exact) mass is 472 g/mol. The van der Waals surface area contributed by atoms with Crippen molar-refractivity contribution in [3.63, 3.8) is 0 Å². The second kappa shape index (κ2) is 11.4. The van der Waals surface area contributed by atoms with Crippen molar-refractivity contribution in [1.82, 2.24) is 0 Å². The van der Waals surface area contributed by atoms with Gasteiger partial charge in [0, 0.05) is 0 Å². The van der Waals surface area contributed by atoms with Gasteiger partial charge in [0.05, 0.1) is 23.3 Å². The Kier molecular flexibility index (Phi) is 8.29. The van der Waals surface area contributed by atoms with Gasteiger partial charge in [-0.1, -0.05) is 19.8 Å². The summed E-state index contributed by atoms with van der Waals surface area (Å²) in [5.41, 5.74) is -0.662. The molecule has 0 aromatic heterocycles. The van der Waals surface area contributed by atoms with Crippen LogP contribution in [0.4, 0.5) is 13.2 Å². The van der Waals surface area contributed by atoms with E-state index in [0.29, 0.717) is 18.1 Å². The second-order valence-corrected chi connectivity index (χ2v) is 7.41.